The largest absolute Gasteiger partial charge is 0.167 e. The highest BCUT2D eigenvalue weighted by Crippen LogP contribution is 2.78. The fourth-order valence-electron chi connectivity index (χ4n) is 3.10. The molecule has 3 aliphatic carbocycles. The van der Waals surface area contributed by atoms with Gasteiger partial charge in [0.15, 0.2) is 4.33 Å². The second-order valence-corrected chi connectivity index (χ2v) is 8.81. The number of allylic oxidation sites excluding steroid dienone is 4. The van der Waals surface area contributed by atoms with Gasteiger partial charge in [-0.3, -0.25) is 0 Å². The standard InChI is InChI=1S/C10H4Cl8/c11-3-1-2-4(5(3)12)9(16)7(14)6(13)8(2,15)10(9,17)18/h1-2,4-5H/t2-,4-,5-,8-,9+/m0/s1. The van der Waals surface area contributed by atoms with Crippen LogP contribution in [0.3, 0.4) is 0 Å². The van der Waals surface area contributed by atoms with Gasteiger partial charge in [0.05, 0.1) is 15.4 Å². The summed E-state index contributed by atoms with van der Waals surface area (Å²) < 4.78 is -1.55. The van der Waals surface area contributed by atoms with Crippen LogP contribution in [-0.2, 0) is 0 Å². The zero-order chi connectivity index (χ0) is 13.7. The van der Waals surface area contributed by atoms with E-state index in [1.165, 1.54) is 0 Å². The molecule has 0 spiro atoms. The lowest BCUT2D eigenvalue weighted by atomic mass is 9.84. The Kier molecular flexibility index (Phi) is 3.24. The molecule has 3 rings (SSSR count). The van der Waals surface area contributed by atoms with Gasteiger partial charge in [0.1, 0.15) is 9.75 Å². The van der Waals surface area contributed by atoms with E-state index >= 15 is 0 Å². The van der Waals surface area contributed by atoms with Crippen LogP contribution >= 0.6 is 92.8 Å². The third kappa shape index (κ3) is 1.23. The van der Waals surface area contributed by atoms with E-state index in [0.29, 0.717) is 5.03 Å². The van der Waals surface area contributed by atoms with Crippen LogP contribution in [-0.4, -0.2) is 19.5 Å². The summed E-state index contributed by atoms with van der Waals surface area (Å²) in [5.41, 5.74) is 0. The molecule has 0 radical (unpaired) electrons. The molecule has 1 saturated carbocycles. The van der Waals surface area contributed by atoms with Crippen molar-refractivity contribution in [1.82, 2.24) is 0 Å². The molecule has 0 aliphatic heterocycles. The summed E-state index contributed by atoms with van der Waals surface area (Å²) in [6.45, 7) is 0. The summed E-state index contributed by atoms with van der Waals surface area (Å²) in [6.07, 6.45) is 1.71. The lowest BCUT2D eigenvalue weighted by molar-refractivity contribution is 0.419. The van der Waals surface area contributed by atoms with Crippen molar-refractivity contribution in [1.29, 1.82) is 0 Å². The third-order valence-electron chi connectivity index (χ3n) is 3.97. The summed E-state index contributed by atoms with van der Waals surface area (Å²) in [7, 11) is 0. The Morgan fingerprint density at radius 2 is 1.39 bits per heavy atom. The van der Waals surface area contributed by atoms with E-state index in [4.69, 9.17) is 92.8 Å². The predicted octanol–water partition coefficient (Wildman–Crippen LogP) is 5.81. The average molecular weight is 408 g/mol. The van der Waals surface area contributed by atoms with Crippen LogP contribution in [0.1, 0.15) is 0 Å². The Bertz CT molecular complexity index is 508. The highest BCUT2D eigenvalue weighted by Gasteiger charge is 2.83. The second-order valence-electron chi connectivity index (χ2n) is 4.63. The van der Waals surface area contributed by atoms with Crippen LogP contribution in [0, 0.1) is 11.8 Å². The van der Waals surface area contributed by atoms with Gasteiger partial charge >= 0.3 is 0 Å². The zero-order valence-corrected chi connectivity index (χ0v) is 14.4. The van der Waals surface area contributed by atoms with Crippen LogP contribution < -0.4 is 0 Å². The molecule has 5 atom stereocenters. The molecule has 0 aromatic carbocycles. The topological polar surface area (TPSA) is 0 Å². The molecule has 0 heterocycles. The first-order valence-electron chi connectivity index (χ1n) is 4.95. The molecular formula is C10H4Cl8. The first-order valence-corrected chi connectivity index (χ1v) is 8.03. The molecule has 0 aromatic rings. The molecule has 1 fully saturated rings. The third-order valence-corrected chi connectivity index (χ3v) is 9.24. The van der Waals surface area contributed by atoms with Gasteiger partial charge in [-0.2, -0.15) is 0 Å². The van der Waals surface area contributed by atoms with E-state index < -0.39 is 25.4 Å². The van der Waals surface area contributed by atoms with Crippen molar-refractivity contribution < 1.29 is 0 Å². The minimum Gasteiger partial charge on any atom is -0.116 e. The van der Waals surface area contributed by atoms with E-state index in [-0.39, 0.29) is 16.0 Å². The summed E-state index contributed by atoms with van der Waals surface area (Å²) in [5, 5.41) is 0.239. The van der Waals surface area contributed by atoms with Gasteiger partial charge in [-0.15, -0.1) is 34.8 Å². The van der Waals surface area contributed by atoms with Crippen LogP contribution in [0.25, 0.3) is 0 Å². The Balaban J connectivity index is 2.31. The van der Waals surface area contributed by atoms with Crippen molar-refractivity contribution >= 4 is 92.8 Å². The molecule has 0 unspecified atom stereocenters. The Labute approximate surface area is 144 Å². The molecule has 18 heavy (non-hydrogen) atoms. The van der Waals surface area contributed by atoms with Gasteiger partial charge in [-0.05, 0) is 0 Å². The number of fused-ring (bicyclic) bond motifs is 5. The monoisotopic (exact) mass is 404 g/mol. The summed E-state index contributed by atoms with van der Waals surface area (Å²) in [6, 6.07) is 0. The number of rotatable bonds is 0. The Morgan fingerprint density at radius 1 is 0.889 bits per heavy atom. The van der Waals surface area contributed by atoms with Crippen molar-refractivity contribution in [2.45, 2.75) is 19.5 Å². The molecular weight excluding hydrogens is 404 g/mol. The highest BCUT2D eigenvalue weighted by atomic mass is 35.5. The van der Waals surface area contributed by atoms with E-state index in [1.54, 1.807) is 6.08 Å². The van der Waals surface area contributed by atoms with Crippen LogP contribution in [0.15, 0.2) is 21.2 Å². The van der Waals surface area contributed by atoms with Crippen LogP contribution in [0.2, 0.25) is 0 Å². The smallest absolute Gasteiger partial charge is 0.116 e. The van der Waals surface area contributed by atoms with Crippen molar-refractivity contribution in [3.8, 4) is 0 Å². The van der Waals surface area contributed by atoms with Gasteiger partial charge in [0, 0.05) is 16.9 Å². The molecule has 8 heteroatoms. The maximum atomic E-state index is 6.59. The summed E-state index contributed by atoms with van der Waals surface area (Å²) in [4.78, 5) is -2.63. The van der Waals surface area contributed by atoms with Crippen molar-refractivity contribution in [3.63, 3.8) is 0 Å². The Hall–Kier alpha value is 1.80. The molecule has 100 valence electrons. The highest BCUT2D eigenvalue weighted by molar-refractivity contribution is 6.66. The quantitative estimate of drug-likeness (QED) is 0.445. The first-order chi connectivity index (χ1) is 8.11. The number of hydrogen-bond acceptors (Lipinski definition) is 0. The normalized spacial score (nSPS) is 52.9. The molecule has 0 N–H and O–H groups in total. The van der Waals surface area contributed by atoms with Gasteiger partial charge < -0.3 is 0 Å². The molecule has 0 saturated heterocycles. The van der Waals surface area contributed by atoms with Gasteiger partial charge in [0.25, 0.3) is 0 Å². The molecule has 0 aromatic heterocycles. The molecule has 0 amide bonds. The average Bonchev–Trinajstić information content (AvgIpc) is 2.69. The molecule has 3 aliphatic rings. The molecule has 2 bridgehead atoms. The predicted molar refractivity (Wildman–Crippen MR) is 80.9 cm³/mol. The van der Waals surface area contributed by atoms with Gasteiger partial charge in [0.2, 0.25) is 0 Å². The lowest BCUT2D eigenvalue weighted by Crippen LogP contribution is -2.46. The van der Waals surface area contributed by atoms with Gasteiger partial charge in [-0.1, -0.05) is 64.1 Å². The van der Waals surface area contributed by atoms with Crippen LogP contribution in [0.5, 0.6) is 0 Å². The van der Waals surface area contributed by atoms with Crippen molar-refractivity contribution in [3.05, 3.63) is 21.2 Å². The van der Waals surface area contributed by atoms with Crippen molar-refractivity contribution in [2.75, 3.05) is 0 Å². The second kappa shape index (κ2) is 3.96. The number of halogens is 8. The minimum atomic E-state index is -1.55. The first kappa shape index (κ1) is 14.7. The van der Waals surface area contributed by atoms with E-state index in [2.05, 4.69) is 0 Å². The van der Waals surface area contributed by atoms with E-state index in [1.807, 2.05) is 0 Å². The SMILES string of the molecule is ClC1=C[C@H]2[C@@H]([C@H]1Cl)[C@@]1(Cl)C(Cl)=C(Cl)[C@]2(Cl)C1(Cl)Cl. The summed E-state index contributed by atoms with van der Waals surface area (Å²) in [5.74, 6) is -0.743. The van der Waals surface area contributed by atoms with E-state index in [0.717, 1.165) is 0 Å². The number of alkyl halides is 5. The molecule has 0 nitrogen and oxygen atoms in total. The van der Waals surface area contributed by atoms with Crippen LogP contribution in [0.4, 0.5) is 0 Å². The fraction of sp³-hybridized carbons (Fsp3) is 0.600. The fourth-order valence-corrected chi connectivity index (χ4v) is 6.86. The van der Waals surface area contributed by atoms with E-state index in [9.17, 15) is 0 Å². The maximum absolute atomic E-state index is 6.59. The minimum absolute atomic E-state index is 0.150. The Morgan fingerprint density at radius 3 is 1.94 bits per heavy atom. The number of hydrogen-bond donors (Lipinski definition) is 0. The zero-order valence-electron chi connectivity index (χ0n) is 8.33. The maximum Gasteiger partial charge on any atom is 0.167 e. The van der Waals surface area contributed by atoms with Crippen molar-refractivity contribution in [2.24, 2.45) is 11.8 Å². The summed E-state index contributed by atoms with van der Waals surface area (Å²) >= 11 is 50.6. The lowest BCUT2D eigenvalue weighted by Gasteiger charge is -2.34. The van der Waals surface area contributed by atoms with Gasteiger partial charge in [-0.25, -0.2) is 0 Å².